The second kappa shape index (κ2) is 6.64. The second-order valence-electron chi connectivity index (χ2n) is 5.54. The number of thiophene rings is 1. The van der Waals surface area contributed by atoms with E-state index in [-0.39, 0.29) is 6.04 Å². The average molecular weight is 395 g/mol. The highest BCUT2D eigenvalue weighted by Crippen LogP contribution is 2.32. The summed E-state index contributed by atoms with van der Waals surface area (Å²) in [4.78, 5) is 1.37. The number of hydrogen-bond acceptors (Lipinski definition) is 5. The van der Waals surface area contributed by atoms with Crippen LogP contribution in [0.4, 0.5) is 0 Å². The fourth-order valence-electron chi connectivity index (χ4n) is 2.32. The molecule has 118 valence electrons. The van der Waals surface area contributed by atoms with Gasteiger partial charge in [0, 0.05) is 30.1 Å². The molecule has 2 aliphatic rings. The summed E-state index contributed by atoms with van der Waals surface area (Å²) in [6, 6.07) is 2.25. The van der Waals surface area contributed by atoms with Crippen LogP contribution in [-0.2, 0) is 21.3 Å². The Labute approximate surface area is 137 Å². The van der Waals surface area contributed by atoms with Gasteiger partial charge in [-0.15, -0.1) is 11.3 Å². The topological polar surface area (TPSA) is 67.4 Å². The van der Waals surface area contributed by atoms with E-state index in [2.05, 4.69) is 26.0 Å². The molecule has 3 rings (SSSR count). The Morgan fingerprint density at radius 2 is 2.14 bits per heavy atom. The molecule has 8 heteroatoms. The van der Waals surface area contributed by atoms with E-state index in [1.807, 2.05) is 0 Å². The predicted octanol–water partition coefficient (Wildman–Crippen LogP) is 2.22. The van der Waals surface area contributed by atoms with Crippen molar-refractivity contribution in [1.82, 2.24) is 10.0 Å². The molecule has 0 bridgehead atoms. The first-order valence-electron chi connectivity index (χ1n) is 7.16. The van der Waals surface area contributed by atoms with Crippen LogP contribution in [-0.4, -0.2) is 33.7 Å². The summed E-state index contributed by atoms with van der Waals surface area (Å²) in [7, 11) is -3.49. The molecule has 1 aromatic rings. The fourth-order valence-corrected chi connectivity index (χ4v) is 6.21. The Kier molecular flexibility index (Phi) is 5.02. The lowest BCUT2D eigenvalue weighted by atomic mass is 10.1. The summed E-state index contributed by atoms with van der Waals surface area (Å²) in [5, 5.41) is 3.40. The first-order chi connectivity index (χ1) is 10.0. The normalized spacial score (nSPS) is 23.4. The van der Waals surface area contributed by atoms with E-state index in [4.69, 9.17) is 4.74 Å². The van der Waals surface area contributed by atoms with Crippen LogP contribution in [0.3, 0.4) is 0 Å². The molecule has 1 saturated carbocycles. The highest BCUT2D eigenvalue weighted by Gasteiger charge is 2.26. The van der Waals surface area contributed by atoms with E-state index >= 15 is 0 Å². The Morgan fingerprint density at radius 3 is 2.81 bits per heavy atom. The van der Waals surface area contributed by atoms with Gasteiger partial charge in [-0.2, -0.15) is 0 Å². The van der Waals surface area contributed by atoms with Gasteiger partial charge in [0.15, 0.2) is 0 Å². The summed E-state index contributed by atoms with van der Waals surface area (Å²) in [5.74, 6) is 0. The minimum atomic E-state index is -3.49. The van der Waals surface area contributed by atoms with Crippen LogP contribution in [0.15, 0.2) is 14.7 Å². The standard InChI is InChI=1S/C13H19BrN2O3S2/c14-13-12(6-11(20-13)7-15-9-3-4-9)21(17,18)16-10-2-1-5-19-8-10/h6,9-10,15-16H,1-5,7-8H2. The van der Waals surface area contributed by atoms with Crippen molar-refractivity contribution in [3.05, 3.63) is 14.7 Å². The van der Waals surface area contributed by atoms with E-state index in [0.717, 1.165) is 30.9 Å². The van der Waals surface area contributed by atoms with E-state index in [9.17, 15) is 8.42 Å². The molecule has 2 fully saturated rings. The number of halogens is 1. The lowest BCUT2D eigenvalue weighted by molar-refractivity contribution is 0.0774. The van der Waals surface area contributed by atoms with Crippen LogP contribution in [0.5, 0.6) is 0 Å². The lowest BCUT2D eigenvalue weighted by Gasteiger charge is -2.22. The van der Waals surface area contributed by atoms with Crippen molar-refractivity contribution in [3.63, 3.8) is 0 Å². The molecule has 1 aliphatic heterocycles. The van der Waals surface area contributed by atoms with Crippen LogP contribution in [0.25, 0.3) is 0 Å². The van der Waals surface area contributed by atoms with Gasteiger partial charge in [0.25, 0.3) is 0 Å². The van der Waals surface area contributed by atoms with Gasteiger partial charge in [0.1, 0.15) is 4.90 Å². The van der Waals surface area contributed by atoms with Crippen LogP contribution >= 0.6 is 27.3 Å². The van der Waals surface area contributed by atoms with Crippen molar-refractivity contribution < 1.29 is 13.2 Å². The zero-order chi connectivity index (χ0) is 14.9. The molecular formula is C13H19BrN2O3S2. The fraction of sp³-hybridized carbons (Fsp3) is 0.692. The monoisotopic (exact) mass is 394 g/mol. The third-order valence-electron chi connectivity index (χ3n) is 3.62. The molecule has 1 aliphatic carbocycles. The molecule has 1 atom stereocenters. The van der Waals surface area contributed by atoms with Crippen molar-refractivity contribution in [3.8, 4) is 0 Å². The number of hydrogen-bond donors (Lipinski definition) is 2. The van der Waals surface area contributed by atoms with E-state index < -0.39 is 10.0 Å². The van der Waals surface area contributed by atoms with Crippen molar-refractivity contribution in [2.24, 2.45) is 0 Å². The summed E-state index contributed by atoms with van der Waals surface area (Å²) < 4.78 is 33.7. The van der Waals surface area contributed by atoms with Gasteiger partial charge in [-0.3, -0.25) is 0 Å². The summed E-state index contributed by atoms with van der Waals surface area (Å²) >= 11 is 4.86. The van der Waals surface area contributed by atoms with Gasteiger partial charge in [-0.25, -0.2) is 13.1 Å². The summed E-state index contributed by atoms with van der Waals surface area (Å²) in [5.41, 5.74) is 0. The quantitative estimate of drug-likeness (QED) is 0.775. The Morgan fingerprint density at radius 1 is 1.33 bits per heavy atom. The predicted molar refractivity (Wildman–Crippen MR) is 86.0 cm³/mol. The molecule has 0 aromatic carbocycles. The highest BCUT2D eigenvalue weighted by atomic mass is 79.9. The van der Waals surface area contributed by atoms with Gasteiger partial charge in [0.05, 0.1) is 10.4 Å². The first kappa shape index (κ1) is 15.9. The van der Waals surface area contributed by atoms with Gasteiger partial charge in [0.2, 0.25) is 10.0 Å². The third-order valence-corrected chi connectivity index (χ3v) is 7.39. The zero-order valence-electron chi connectivity index (χ0n) is 11.6. The average Bonchev–Trinajstić information content (AvgIpc) is 3.19. The summed E-state index contributed by atoms with van der Waals surface area (Å²) in [6.07, 6.45) is 4.17. The van der Waals surface area contributed by atoms with E-state index in [0.29, 0.717) is 21.3 Å². The van der Waals surface area contributed by atoms with Crippen LogP contribution in [0.2, 0.25) is 0 Å². The maximum absolute atomic E-state index is 12.5. The maximum atomic E-state index is 12.5. The number of sulfonamides is 1. The Bertz CT molecular complexity index is 593. The molecule has 1 saturated heterocycles. The van der Waals surface area contributed by atoms with Gasteiger partial charge in [-0.05, 0) is 47.7 Å². The molecule has 2 heterocycles. The van der Waals surface area contributed by atoms with Crippen LogP contribution in [0.1, 0.15) is 30.6 Å². The van der Waals surface area contributed by atoms with Crippen molar-refractivity contribution in [2.45, 2.75) is 49.2 Å². The molecular weight excluding hydrogens is 376 g/mol. The minimum Gasteiger partial charge on any atom is -0.380 e. The van der Waals surface area contributed by atoms with Crippen molar-refractivity contribution in [2.75, 3.05) is 13.2 Å². The molecule has 1 aromatic heterocycles. The number of ether oxygens (including phenoxy) is 1. The maximum Gasteiger partial charge on any atom is 0.242 e. The summed E-state index contributed by atoms with van der Waals surface area (Å²) in [6.45, 7) is 1.91. The second-order valence-corrected chi connectivity index (χ2v) is 9.68. The first-order valence-corrected chi connectivity index (χ1v) is 10.3. The van der Waals surface area contributed by atoms with Gasteiger partial charge >= 0.3 is 0 Å². The van der Waals surface area contributed by atoms with Crippen LogP contribution < -0.4 is 10.0 Å². The van der Waals surface area contributed by atoms with E-state index in [1.165, 1.54) is 24.2 Å². The Balaban J connectivity index is 1.68. The van der Waals surface area contributed by atoms with Crippen molar-refractivity contribution in [1.29, 1.82) is 0 Å². The molecule has 0 spiro atoms. The smallest absolute Gasteiger partial charge is 0.242 e. The lowest BCUT2D eigenvalue weighted by Crippen LogP contribution is -2.40. The molecule has 2 N–H and O–H groups in total. The highest BCUT2D eigenvalue weighted by molar-refractivity contribution is 9.11. The van der Waals surface area contributed by atoms with Crippen molar-refractivity contribution >= 4 is 37.3 Å². The third kappa shape index (κ3) is 4.27. The number of rotatable bonds is 6. The minimum absolute atomic E-state index is 0.122. The SMILES string of the molecule is O=S(=O)(NC1CCCOC1)c1cc(CNC2CC2)sc1Br. The Hall–Kier alpha value is 0.01000. The molecule has 0 amide bonds. The van der Waals surface area contributed by atoms with Crippen LogP contribution in [0, 0.1) is 0 Å². The molecule has 5 nitrogen and oxygen atoms in total. The van der Waals surface area contributed by atoms with Gasteiger partial charge in [-0.1, -0.05) is 0 Å². The zero-order valence-corrected chi connectivity index (χ0v) is 14.8. The van der Waals surface area contributed by atoms with E-state index in [1.54, 1.807) is 6.07 Å². The molecule has 21 heavy (non-hydrogen) atoms. The molecule has 0 radical (unpaired) electrons. The number of nitrogens with one attached hydrogen (secondary N) is 2. The van der Waals surface area contributed by atoms with Gasteiger partial charge < -0.3 is 10.1 Å². The molecule has 1 unspecified atom stereocenters. The largest absolute Gasteiger partial charge is 0.380 e.